The minimum Gasteiger partial charge on any atom is -0.387 e. The van der Waals surface area contributed by atoms with Gasteiger partial charge in [0, 0.05) is 16.9 Å². The van der Waals surface area contributed by atoms with E-state index in [0.29, 0.717) is 6.42 Å². The van der Waals surface area contributed by atoms with Gasteiger partial charge in [0.25, 0.3) is 0 Å². The first kappa shape index (κ1) is 11.6. The Morgan fingerprint density at radius 2 is 2.19 bits per heavy atom. The highest BCUT2D eigenvalue weighted by Crippen LogP contribution is 2.28. The molecule has 1 aromatic rings. The molecule has 0 spiro atoms. The second-order valence-electron chi connectivity index (χ2n) is 4.09. The number of hydrogen-bond acceptors (Lipinski definition) is 2. The molecule has 0 aromatic heterocycles. The van der Waals surface area contributed by atoms with E-state index in [1.165, 1.54) is 0 Å². The highest BCUT2D eigenvalue weighted by atomic mass is 79.9. The van der Waals surface area contributed by atoms with Gasteiger partial charge in [0.2, 0.25) is 5.91 Å². The van der Waals surface area contributed by atoms with Crippen LogP contribution in [0.4, 0.5) is 5.69 Å². The molecule has 1 aliphatic rings. The number of amides is 1. The molecule has 2 unspecified atom stereocenters. The van der Waals surface area contributed by atoms with Crippen molar-refractivity contribution in [1.82, 2.24) is 0 Å². The summed E-state index contributed by atoms with van der Waals surface area (Å²) in [5.41, 5.74) is 2.86. The maximum atomic E-state index is 11.2. The molecule has 2 atom stereocenters. The van der Waals surface area contributed by atoms with Crippen LogP contribution in [0.15, 0.2) is 18.2 Å². The van der Waals surface area contributed by atoms with Gasteiger partial charge in [-0.3, -0.25) is 4.79 Å². The van der Waals surface area contributed by atoms with Crippen LogP contribution >= 0.6 is 15.9 Å². The quantitative estimate of drug-likeness (QED) is 0.819. The first-order valence-corrected chi connectivity index (χ1v) is 6.24. The van der Waals surface area contributed by atoms with Crippen LogP contribution in [0.5, 0.6) is 0 Å². The Balaban J connectivity index is 2.29. The zero-order valence-electron chi connectivity index (χ0n) is 9.03. The van der Waals surface area contributed by atoms with Crippen molar-refractivity contribution in [3.05, 3.63) is 29.3 Å². The Hall–Kier alpha value is -0.870. The summed E-state index contributed by atoms with van der Waals surface area (Å²) in [4.78, 5) is 11.2. The van der Waals surface area contributed by atoms with Gasteiger partial charge < -0.3 is 10.4 Å². The molecule has 2 N–H and O–H groups in total. The molecule has 1 aromatic carbocycles. The Bertz CT molecular complexity index is 417. The van der Waals surface area contributed by atoms with E-state index in [-0.39, 0.29) is 10.7 Å². The van der Waals surface area contributed by atoms with Crippen molar-refractivity contribution in [2.45, 2.75) is 30.7 Å². The van der Waals surface area contributed by atoms with Gasteiger partial charge in [-0.1, -0.05) is 28.1 Å². The monoisotopic (exact) mass is 283 g/mol. The van der Waals surface area contributed by atoms with Crippen molar-refractivity contribution in [3.8, 4) is 0 Å². The number of aryl methyl sites for hydroxylation is 1. The van der Waals surface area contributed by atoms with Crippen LogP contribution < -0.4 is 5.32 Å². The molecule has 86 valence electrons. The third kappa shape index (κ3) is 2.28. The molecule has 1 heterocycles. The largest absolute Gasteiger partial charge is 0.387 e. The minimum absolute atomic E-state index is 0.0173. The molecule has 0 aliphatic carbocycles. The summed E-state index contributed by atoms with van der Waals surface area (Å²) in [6, 6.07) is 5.68. The number of hydrogen-bond donors (Lipinski definition) is 2. The molecule has 0 radical (unpaired) electrons. The number of carbonyl (C=O) groups excluding carboxylic acids is 1. The van der Waals surface area contributed by atoms with Crippen molar-refractivity contribution in [2.24, 2.45) is 0 Å². The average Bonchev–Trinajstić information content (AvgIpc) is 2.27. The lowest BCUT2D eigenvalue weighted by Gasteiger charge is -2.20. The van der Waals surface area contributed by atoms with Gasteiger partial charge in [0.05, 0.1) is 6.10 Å². The van der Waals surface area contributed by atoms with Crippen LogP contribution in [0.3, 0.4) is 0 Å². The van der Waals surface area contributed by atoms with Gasteiger partial charge in [-0.25, -0.2) is 0 Å². The predicted octanol–water partition coefficient (Wildman–Crippen LogP) is 2.39. The van der Waals surface area contributed by atoms with Crippen LogP contribution in [0, 0.1) is 0 Å². The maximum absolute atomic E-state index is 11.2. The number of aliphatic hydroxyl groups is 1. The standard InChI is InChI=1S/C12H14BrNO2/c1-7(13)12(16)9-2-4-10-8(6-9)3-5-11(15)14-10/h2,4,6-7,12,16H,3,5H2,1H3,(H,14,15). The Morgan fingerprint density at radius 3 is 2.88 bits per heavy atom. The lowest BCUT2D eigenvalue weighted by Crippen LogP contribution is -2.19. The molecule has 1 aliphatic heterocycles. The summed E-state index contributed by atoms with van der Waals surface area (Å²) in [5.74, 6) is 0.0645. The van der Waals surface area contributed by atoms with E-state index in [0.717, 1.165) is 23.2 Å². The van der Waals surface area contributed by atoms with E-state index in [1.54, 1.807) is 0 Å². The molecule has 0 fully saturated rings. The predicted molar refractivity (Wildman–Crippen MR) is 66.7 cm³/mol. The van der Waals surface area contributed by atoms with E-state index in [4.69, 9.17) is 0 Å². The normalized spacial score (nSPS) is 18.6. The number of halogens is 1. The van der Waals surface area contributed by atoms with Crippen molar-refractivity contribution < 1.29 is 9.90 Å². The number of nitrogens with one attached hydrogen (secondary N) is 1. The third-order valence-corrected chi connectivity index (χ3v) is 3.30. The average molecular weight is 284 g/mol. The zero-order chi connectivity index (χ0) is 11.7. The summed E-state index contributed by atoms with van der Waals surface area (Å²) in [5, 5.41) is 12.7. The van der Waals surface area contributed by atoms with Crippen molar-refractivity contribution in [1.29, 1.82) is 0 Å². The van der Waals surface area contributed by atoms with Crippen molar-refractivity contribution in [3.63, 3.8) is 0 Å². The molecule has 4 heteroatoms. The number of benzene rings is 1. The SMILES string of the molecule is CC(Br)C(O)c1ccc2c(c1)CCC(=O)N2. The van der Waals surface area contributed by atoms with Crippen molar-refractivity contribution >= 4 is 27.5 Å². The van der Waals surface area contributed by atoms with Crippen LogP contribution in [-0.2, 0) is 11.2 Å². The number of fused-ring (bicyclic) bond motifs is 1. The van der Waals surface area contributed by atoms with Crippen LogP contribution in [-0.4, -0.2) is 15.8 Å². The lowest BCUT2D eigenvalue weighted by atomic mass is 9.97. The molecule has 0 saturated heterocycles. The summed E-state index contributed by atoms with van der Waals surface area (Å²) >= 11 is 3.36. The lowest BCUT2D eigenvalue weighted by molar-refractivity contribution is -0.116. The van der Waals surface area contributed by atoms with Gasteiger partial charge in [-0.2, -0.15) is 0 Å². The van der Waals surface area contributed by atoms with Gasteiger partial charge in [-0.15, -0.1) is 0 Å². The highest BCUT2D eigenvalue weighted by Gasteiger charge is 2.18. The minimum atomic E-state index is -0.511. The molecular weight excluding hydrogens is 270 g/mol. The fraction of sp³-hybridized carbons (Fsp3) is 0.417. The van der Waals surface area contributed by atoms with Gasteiger partial charge in [0.1, 0.15) is 0 Å². The summed E-state index contributed by atoms with van der Waals surface area (Å²) in [6.45, 7) is 1.91. The Labute approximate surface area is 103 Å². The Kier molecular flexibility index (Phi) is 3.30. The number of anilines is 1. The highest BCUT2D eigenvalue weighted by molar-refractivity contribution is 9.09. The molecule has 0 bridgehead atoms. The number of aliphatic hydroxyl groups excluding tert-OH is 1. The fourth-order valence-corrected chi connectivity index (χ4v) is 2.16. The van der Waals surface area contributed by atoms with E-state index < -0.39 is 6.10 Å². The number of carbonyl (C=O) groups is 1. The summed E-state index contributed by atoms with van der Waals surface area (Å²) in [7, 11) is 0. The first-order valence-electron chi connectivity index (χ1n) is 5.33. The molecule has 1 amide bonds. The molecule has 2 rings (SSSR count). The van der Waals surface area contributed by atoms with Crippen LogP contribution in [0.1, 0.15) is 30.6 Å². The molecule has 3 nitrogen and oxygen atoms in total. The summed E-state index contributed by atoms with van der Waals surface area (Å²) in [6.07, 6.45) is 0.761. The maximum Gasteiger partial charge on any atom is 0.224 e. The van der Waals surface area contributed by atoms with E-state index in [9.17, 15) is 9.90 Å². The molecule has 0 saturated carbocycles. The van der Waals surface area contributed by atoms with E-state index in [2.05, 4.69) is 21.2 Å². The van der Waals surface area contributed by atoms with E-state index >= 15 is 0 Å². The topological polar surface area (TPSA) is 49.3 Å². The second-order valence-corrected chi connectivity index (χ2v) is 5.53. The smallest absolute Gasteiger partial charge is 0.224 e. The van der Waals surface area contributed by atoms with Crippen LogP contribution in [0.25, 0.3) is 0 Å². The third-order valence-electron chi connectivity index (χ3n) is 2.80. The van der Waals surface area contributed by atoms with Crippen LogP contribution in [0.2, 0.25) is 0 Å². The number of alkyl halides is 1. The van der Waals surface area contributed by atoms with E-state index in [1.807, 2.05) is 25.1 Å². The molecule has 16 heavy (non-hydrogen) atoms. The molecular formula is C12H14BrNO2. The first-order chi connectivity index (χ1) is 7.58. The number of rotatable bonds is 2. The second kappa shape index (κ2) is 4.55. The fourth-order valence-electron chi connectivity index (χ4n) is 1.85. The summed E-state index contributed by atoms with van der Waals surface area (Å²) < 4.78 is 0. The Morgan fingerprint density at radius 1 is 1.44 bits per heavy atom. The van der Waals surface area contributed by atoms with Crippen molar-refractivity contribution in [2.75, 3.05) is 5.32 Å². The zero-order valence-corrected chi connectivity index (χ0v) is 10.6. The van der Waals surface area contributed by atoms with Gasteiger partial charge in [0.15, 0.2) is 0 Å². The van der Waals surface area contributed by atoms with Gasteiger partial charge in [-0.05, 0) is 30.5 Å². The van der Waals surface area contributed by atoms with Gasteiger partial charge >= 0.3 is 0 Å².